The largest absolute Gasteiger partial charge is 0.477 e. The number of benzene rings is 1. The maximum Gasteiger partial charge on any atom is 0.347 e. The van der Waals surface area contributed by atoms with Crippen molar-refractivity contribution in [3.63, 3.8) is 0 Å². The van der Waals surface area contributed by atoms with Crippen LogP contribution in [-0.4, -0.2) is 27.2 Å². The molecule has 2 unspecified atom stereocenters. The van der Waals surface area contributed by atoms with E-state index in [0.29, 0.717) is 10.7 Å². The molecule has 23 heavy (non-hydrogen) atoms. The molecule has 7 heteroatoms. The minimum absolute atomic E-state index is 0.0385. The van der Waals surface area contributed by atoms with Gasteiger partial charge in [0.25, 0.3) is 0 Å². The van der Waals surface area contributed by atoms with Gasteiger partial charge in [-0.2, -0.15) is 0 Å². The smallest absolute Gasteiger partial charge is 0.347 e. The molecule has 1 aromatic carbocycles. The van der Waals surface area contributed by atoms with Gasteiger partial charge in [0, 0.05) is 4.90 Å². The summed E-state index contributed by atoms with van der Waals surface area (Å²) < 4.78 is 0. The van der Waals surface area contributed by atoms with Gasteiger partial charge in [0.2, 0.25) is 5.91 Å². The number of rotatable bonds is 4. The van der Waals surface area contributed by atoms with Crippen molar-refractivity contribution in [1.82, 2.24) is 10.3 Å². The Bertz CT molecular complexity index is 747. The number of aromatic nitrogens is 1. The summed E-state index contributed by atoms with van der Waals surface area (Å²) in [5, 5.41) is 12.5. The maximum atomic E-state index is 12.5. The van der Waals surface area contributed by atoms with Gasteiger partial charge in [-0.1, -0.05) is 18.2 Å². The first-order valence-corrected chi connectivity index (χ1v) is 8.91. The van der Waals surface area contributed by atoms with E-state index >= 15 is 0 Å². The number of fused-ring (bicyclic) bond motifs is 1. The van der Waals surface area contributed by atoms with Gasteiger partial charge in [0.1, 0.15) is 9.88 Å². The molecule has 5 nitrogen and oxygen atoms in total. The quantitative estimate of drug-likeness (QED) is 0.888. The summed E-state index contributed by atoms with van der Waals surface area (Å²) in [6.45, 7) is 3.50. The minimum atomic E-state index is -0.980. The van der Waals surface area contributed by atoms with Gasteiger partial charge in [-0.3, -0.25) is 4.79 Å². The summed E-state index contributed by atoms with van der Waals surface area (Å²) >= 11 is 2.69. The van der Waals surface area contributed by atoms with Crippen molar-refractivity contribution in [2.45, 2.75) is 36.5 Å². The summed E-state index contributed by atoms with van der Waals surface area (Å²) in [4.78, 5) is 29.2. The van der Waals surface area contributed by atoms with E-state index in [1.165, 1.54) is 5.56 Å². The topological polar surface area (TPSA) is 79.3 Å². The van der Waals surface area contributed by atoms with E-state index in [1.54, 1.807) is 18.7 Å². The molecule has 0 aliphatic carbocycles. The van der Waals surface area contributed by atoms with Crippen LogP contribution in [-0.2, 0) is 11.2 Å². The van der Waals surface area contributed by atoms with E-state index in [1.807, 2.05) is 31.2 Å². The van der Waals surface area contributed by atoms with Crippen LogP contribution in [0.1, 0.15) is 38.9 Å². The van der Waals surface area contributed by atoms with Crippen molar-refractivity contribution in [2.24, 2.45) is 0 Å². The van der Waals surface area contributed by atoms with Gasteiger partial charge in [-0.25, -0.2) is 9.78 Å². The van der Waals surface area contributed by atoms with E-state index < -0.39 is 5.97 Å². The van der Waals surface area contributed by atoms with Crippen molar-refractivity contribution in [2.75, 3.05) is 0 Å². The van der Waals surface area contributed by atoms with E-state index in [9.17, 15) is 9.59 Å². The first-order chi connectivity index (χ1) is 11.0. The number of hydrogen-bond acceptors (Lipinski definition) is 5. The molecule has 0 radical (unpaired) electrons. The molecule has 3 rings (SSSR count). The fourth-order valence-electron chi connectivity index (χ4n) is 2.50. The number of thiazole rings is 1. The highest BCUT2D eigenvalue weighted by Crippen LogP contribution is 2.37. The van der Waals surface area contributed by atoms with Crippen LogP contribution in [0.2, 0.25) is 0 Å². The molecular weight excluding hydrogens is 332 g/mol. The lowest BCUT2D eigenvalue weighted by Gasteiger charge is -2.14. The maximum absolute atomic E-state index is 12.5. The Morgan fingerprint density at radius 1 is 1.39 bits per heavy atom. The molecule has 0 spiro atoms. The lowest BCUT2D eigenvalue weighted by atomic mass is 10.1. The predicted molar refractivity (Wildman–Crippen MR) is 90.2 cm³/mol. The van der Waals surface area contributed by atoms with Gasteiger partial charge in [0.05, 0.1) is 17.0 Å². The van der Waals surface area contributed by atoms with Crippen LogP contribution in [0.3, 0.4) is 0 Å². The number of aromatic carboxylic acids is 1. The van der Waals surface area contributed by atoms with Crippen LogP contribution in [0.15, 0.2) is 29.2 Å². The minimum Gasteiger partial charge on any atom is -0.477 e. The molecule has 1 aliphatic rings. The monoisotopic (exact) mass is 348 g/mol. The number of carboxylic acid groups (broad SMARTS) is 1. The highest BCUT2D eigenvalue weighted by atomic mass is 32.2. The van der Waals surface area contributed by atoms with Crippen LogP contribution in [0.25, 0.3) is 0 Å². The molecule has 1 aromatic heterocycles. The molecule has 1 aliphatic heterocycles. The van der Waals surface area contributed by atoms with Crippen molar-refractivity contribution >= 4 is 35.0 Å². The number of thioether (sulfide) groups is 1. The standard InChI is InChI=1S/C16H16N2O3S2/c1-8-13(16(20)21)23-15(18-8)9(2)17-14(19)12-7-10-5-3-4-6-11(10)22-12/h3-6,9,12H,7H2,1-2H3,(H,17,19)(H,20,21). The van der Waals surface area contributed by atoms with Gasteiger partial charge in [-0.15, -0.1) is 23.1 Å². The van der Waals surface area contributed by atoms with Gasteiger partial charge >= 0.3 is 5.97 Å². The average molecular weight is 348 g/mol. The summed E-state index contributed by atoms with van der Waals surface area (Å²) in [6.07, 6.45) is 0.719. The summed E-state index contributed by atoms with van der Waals surface area (Å²) in [5.41, 5.74) is 1.69. The second kappa shape index (κ2) is 6.33. The molecule has 120 valence electrons. The average Bonchev–Trinajstić information content (AvgIpc) is 3.10. The molecule has 2 aromatic rings. The Hall–Kier alpha value is -1.86. The zero-order valence-corrected chi connectivity index (χ0v) is 14.3. The molecule has 0 bridgehead atoms. The van der Waals surface area contributed by atoms with Crippen molar-refractivity contribution in [1.29, 1.82) is 0 Å². The Morgan fingerprint density at radius 2 is 2.13 bits per heavy atom. The number of carbonyl (C=O) groups excluding carboxylic acids is 1. The molecule has 2 atom stereocenters. The normalized spacial score (nSPS) is 17.6. The van der Waals surface area contributed by atoms with Gasteiger partial charge in [0.15, 0.2) is 0 Å². The second-order valence-corrected chi connectivity index (χ2v) is 7.70. The van der Waals surface area contributed by atoms with Crippen molar-refractivity contribution < 1.29 is 14.7 Å². The first kappa shape index (κ1) is 16.0. The van der Waals surface area contributed by atoms with Crippen LogP contribution < -0.4 is 5.32 Å². The first-order valence-electron chi connectivity index (χ1n) is 7.21. The van der Waals surface area contributed by atoms with E-state index in [4.69, 9.17) is 5.11 Å². The van der Waals surface area contributed by atoms with Gasteiger partial charge < -0.3 is 10.4 Å². The number of carboxylic acids is 1. The third-order valence-electron chi connectivity index (χ3n) is 3.68. The summed E-state index contributed by atoms with van der Waals surface area (Å²) in [7, 11) is 0. The van der Waals surface area contributed by atoms with Crippen LogP contribution in [0.5, 0.6) is 0 Å². The van der Waals surface area contributed by atoms with Crippen molar-refractivity contribution in [3.8, 4) is 0 Å². The molecular formula is C16H16N2O3S2. The molecule has 1 amide bonds. The Morgan fingerprint density at radius 3 is 2.78 bits per heavy atom. The number of aryl methyl sites for hydroxylation is 1. The van der Waals surface area contributed by atoms with Crippen molar-refractivity contribution in [3.05, 3.63) is 45.4 Å². The molecule has 0 saturated carbocycles. The third-order valence-corrected chi connectivity index (χ3v) is 6.32. The second-order valence-electron chi connectivity index (χ2n) is 5.42. The summed E-state index contributed by atoms with van der Waals surface area (Å²) in [6, 6.07) is 7.72. The van der Waals surface area contributed by atoms with Crippen LogP contribution in [0, 0.1) is 6.92 Å². The number of nitrogens with zero attached hydrogens (tertiary/aromatic N) is 1. The fourth-order valence-corrected chi connectivity index (χ4v) is 4.61. The number of amides is 1. The lowest BCUT2D eigenvalue weighted by Crippen LogP contribution is -2.34. The van der Waals surface area contributed by atoms with Crippen LogP contribution in [0.4, 0.5) is 0 Å². The number of carbonyl (C=O) groups is 2. The van der Waals surface area contributed by atoms with Crippen LogP contribution >= 0.6 is 23.1 Å². The van der Waals surface area contributed by atoms with E-state index in [-0.39, 0.29) is 22.1 Å². The zero-order chi connectivity index (χ0) is 16.6. The Kier molecular flexibility index (Phi) is 4.41. The van der Waals surface area contributed by atoms with Gasteiger partial charge in [-0.05, 0) is 31.9 Å². The highest BCUT2D eigenvalue weighted by Gasteiger charge is 2.29. The number of nitrogens with one attached hydrogen (secondary N) is 1. The summed E-state index contributed by atoms with van der Waals surface area (Å²) in [5.74, 6) is -1.02. The van der Waals surface area contributed by atoms with E-state index in [2.05, 4.69) is 10.3 Å². The van der Waals surface area contributed by atoms with E-state index in [0.717, 1.165) is 22.7 Å². The third kappa shape index (κ3) is 3.25. The molecule has 0 fully saturated rings. The number of hydrogen-bond donors (Lipinski definition) is 2. The molecule has 0 saturated heterocycles. The lowest BCUT2D eigenvalue weighted by molar-refractivity contribution is -0.121. The zero-order valence-electron chi connectivity index (χ0n) is 12.7. The molecule has 2 heterocycles. The highest BCUT2D eigenvalue weighted by molar-refractivity contribution is 8.01. The Balaban J connectivity index is 1.67. The fraction of sp³-hybridized carbons (Fsp3) is 0.312. The Labute approximate surface area is 142 Å². The predicted octanol–water partition coefficient (Wildman–Crippen LogP) is 3.04. The molecule has 2 N–H and O–H groups in total. The SMILES string of the molecule is Cc1nc(C(C)NC(=O)C2Cc3ccccc3S2)sc1C(=O)O.